The first-order chi connectivity index (χ1) is 9.04. The topological polar surface area (TPSA) is 71.9 Å². The van der Waals surface area contributed by atoms with Crippen LogP contribution in [0, 0.1) is 12.3 Å². The summed E-state index contributed by atoms with van der Waals surface area (Å²) in [5, 5.41) is 7.42. The Morgan fingerprint density at radius 3 is 2.37 bits per heavy atom. The number of aryl methyl sites for hydroxylation is 1. The lowest BCUT2D eigenvalue weighted by atomic mass is 10.1. The number of nitrogens with zero attached hydrogens (tertiary/aromatic N) is 1. The SMILES string of the molecule is CCn1c(-c2ccc(C)cc2)ccc(C(=N)N)c1=O. The number of rotatable bonds is 3. The van der Waals surface area contributed by atoms with Gasteiger partial charge in [0.1, 0.15) is 5.84 Å². The van der Waals surface area contributed by atoms with Gasteiger partial charge in [0.05, 0.1) is 11.3 Å². The van der Waals surface area contributed by atoms with Crippen LogP contribution in [0.25, 0.3) is 11.3 Å². The molecule has 2 aromatic rings. The lowest BCUT2D eigenvalue weighted by Gasteiger charge is -2.13. The highest BCUT2D eigenvalue weighted by atomic mass is 16.1. The van der Waals surface area contributed by atoms with E-state index in [2.05, 4.69) is 0 Å². The van der Waals surface area contributed by atoms with Crippen LogP contribution in [0.2, 0.25) is 0 Å². The van der Waals surface area contributed by atoms with E-state index in [1.165, 1.54) is 5.56 Å². The first kappa shape index (κ1) is 13.1. The van der Waals surface area contributed by atoms with Crippen molar-refractivity contribution in [3.8, 4) is 11.3 Å². The smallest absolute Gasteiger partial charge is 0.261 e. The monoisotopic (exact) mass is 255 g/mol. The summed E-state index contributed by atoms with van der Waals surface area (Å²) in [6.45, 7) is 4.47. The first-order valence-electron chi connectivity index (χ1n) is 6.20. The van der Waals surface area contributed by atoms with Crippen LogP contribution in [0.1, 0.15) is 18.1 Å². The van der Waals surface area contributed by atoms with Gasteiger partial charge in [-0.25, -0.2) is 0 Å². The van der Waals surface area contributed by atoms with Gasteiger partial charge in [-0.2, -0.15) is 0 Å². The quantitative estimate of drug-likeness (QED) is 0.651. The fraction of sp³-hybridized carbons (Fsp3) is 0.200. The lowest BCUT2D eigenvalue weighted by Crippen LogP contribution is -2.29. The molecule has 0 fully saturated rings. The molecule has 0 bridgehead atoms. The van der Waals surface area contributed by atoms with Crippen LogP contribution >= 0.6 is 0 Å². The number of benzene rings is 1. The van der Waals surface area contributed by atoms with E-state index in [4.69, 9.17) is 11.1 Å². The van der Waals surface area contributed by atoms with Crippen molar-refractivity contribution >= 4 is 5.84 Å². The molecule has 0 aliphatic rings. The van der Waals surface area contributed by atoms with Gasteiger partial charge >= 0.3 is 0 Å². The zero-order chi connectivity index (χ0) is 14.0. The Morgan fingerprint density at radius 2 is 1.84 bits per heavy atom. The third kappa shape index (κ3) is 2.42. The van der Waals surface area contributed by atoms with Gasteiger partial charge in [-0.3, -0.25) is 10.2 Å². The number of nitrogen functional groups attached to an aromatic ring is 1. The van der Waals surface area contributed by atoms with Gasteiger partial charge in [0.2, 0.25) is 0 Å². The minimum Gasteiger partial charge on any atom is -0.384 e. The number of aromatic nitrogens is 1. The minimum absolute atomic E-state index is 0.192. The lowest BCUT2D eigenvalue weighted by molar-refractivity contribution is 0.734. The fourth-order valence-electron chi connectivity index (χ4n) is 2.07. The molecule has 0 saturated carbocycles. The summed E-state index contributed by atoms with van der Waals surface area (Å²) in [7, 11) is 0. The van der Waals surface area contributed by atoms with Gasteiger partial charge in [-0.15, -0.1) is 0 Å². The number of hydrogen-bond donors (Lipinski definition) is 2. The Bertz CT molecular complexity index is 669. The third-order valence-electron chi connectivity index (χ3n) is 3.13. The highest BCUT2D eigenvalue weighted by molar-refractivity contribution is 5.94. The maximum Gasteiger partial charge on any atom is 0.261 e. The molecule has 0 unspecified atom stereocenters. The van der Waals surface area contributed by atoms with E-state index in [0.717, 1.165) is 11.3 Å². The second-order valence-corrected chi connectivity index (χ2v) is 4.46. The molecule has 0 radical (unpaired) electrons. The Kier molecular flexibility index (Phi) is 3.51. The van der Waals surface area contributed by atoms with Gasteiger partial charge < -0.3 is 10.3 Å². The molecular weight excluding hydrogens is 238 g/mol. The zero-order valence-corrected chi connectivity index (χ0v) is 11.1. The van der Waals surface area contributed by atoms with Crippen molar-refractivity contribution in [3.63, 3.8) is 0 Å². The molecule has 0 amide bonds. The molecule has 4 nitrogen and oxygen atoms in total. The van der Waals surface area contributed by atoms with Crippen LogP contribution < -0.4 is 11.3 Å². The molecule has 19 heavy (non-hydrogen) atoms. The van der Waals surface area contributed by atoms with E-state index in [-0.39, 0.29) is 17.0 Å². The van der Waals surface area contributed by atoms with E-state index in [9.17, 15) is 4.79 Å². The number of pyridine rings is 1. The van der Waals surface area contributed by atoms with E-state index in [1.807, 2.05) is 44.2 Å². The summed E-state index contributed by atoms with van der Waals surface area (Å²) in [5.74, 6) is -0.192. The van der Waals surface area contributed by atoms with Gasteiger partial charge in [0.25, 0.3) is 5.56 Å². The van der Waals surface area contributed by atoms with Gasteiger partial charge in [0, 0.05) is 6.54 Å². The molecule has 1 heterocycles. The molecule has 0 atom stereocenters. The largest absolute Gasteiger partial charge is 0.384 e. The zero-order valence-electron chi connectivity index (χ0n) is 11.1. The Morgan fingerprint density at radius 1 is 1.21 bits per heavy atom. The van der Waals surface area contributed by atoms with Crippen molar-refractivity contribution in [2.75, 3.05) is 0 Å². The highest BCUT2D eigenvalue weighted by Gasteiger charge is 2.10. The maximum atomic E-state index is 12.2. The molecule has 4 heteroatoms. The maximum absolute atomic E-state index is 12.2. The van der Waals surface area contributed by atoms with Crippen molar-refractivity contribution < 1.29 is 0 Å². The second kappa shape index (κ2) is 5.10. The van der Waals surface area contributed by atoms with Crippen LogP contribution in [0.15, 0.2) is 41.2 Å². The molecule has 3 N–H and O–H groups in total. The third-order valence-corrected chi connectivity index (χ3v) is 3.13. The molecular formula is C15H17N3O. The van der Waals surface area contributed by atoms with E-state index >= 15 is 0 Å². The molecule has 0 aliphatic carbocycles. The fourth-order valence-corrected chi connectivity index (χ4v) is 2.07. The molecule has 1 aromatic carbocycles. The predicted molar refractivity (Wildman–Crippen MR) is 77.6 cm³/mol. The standard InChI is InChI=1S/C15H17N3O/c1-3-18-13(11-6-4-10(2)5-7-11)9-8-12(14(16)17)15(18)19/h4-9H,3H2,1-2H3,(H3,16,17). The molecule has 0 saturated heterocycles. The van der Waals surface area contributed by atoms with Crippen molar-refractivity contribution in [1.29, 1.82) is 5.41 Å². The Labute approximate surface area is 112 Å². The first-order valence-corrected chi connectivity index (χ1v) is 6.20. The summed E-state index contributed by atoms with van der Waals surface area (Å²) in [4.78, 5) is 12.2. The van der Waals surface area contributed by atoms with Crippen LogP contribution in [-0.4, -0.2) is 10.4 Å². The Hall–Kier alpha value is -2.36. The summed E-state index contributed by atoms with van der Waals surface area (Å²) in [6.07, 6.45) is 0. The molecule has 2 rings (SSSR count). The van der Waals surface area contributed by atoms with Gasteiger partial charge in [0.15, 0.2) is 0 Å². The van der Waals surface area contributed by atoms with Crippen LogP contribution in [-0.2, 0) is 6.54 Å². The molecule has 0 aliphatic heterocycles. The average molecular weight is 255 g/mol. The summed E-state index contributed by atoms with van der Waals surface area (Å²) in [5.41, 5.74) is 8.46. The summed E-state index contributed by atoms with van der Waals surface area (Å²) >= 11 is 0. The van der Waals surface area contributed by atoms with E-state index in [1.54, 1.807) is 10.6 Å². The van der Waals surface area contributed by atoms with Crippen molar-refractivity contribution in [1.82, 2.24) is 4.57 Å². The highest BCUT2D eigenvalue weighted by Crippen LogP contribution is 2.19. The van der Waals surface area contributed by atoms with Crippen molar-refractivity contribution in [2.45, 2.75) is 20.4 Å². The second-order valence-electron chi connectivity index (χ2n) is 4.46. The molecule has 1 aromatic heterocycles. The predicted octanol–water partition coefficient (Wildman–Crippen LogP) is 2.13. The average Bonchev–Trinajstić information content (AvgIpc) is 2.38. The summed E-state index contributed by atoms with van der Waals surface area (Å²) < 4.78 is 1.64. The Balaban J connectivity index is 2.65. The molecule has 98 valence electrons. The minimum atomic E-state index is -0.215. The molecule has 0 spiro atoms. The van der Waals surface area contributed by atoms with Gasteiger partial charge in [-0.05, 0) is 31.5 Å². The van der Waals surface area contributed by atoms with Crippen molar-refractivity contribution in [2.24, 2.45) is 5.73 Å². The number of amidine groups is 1. The van der Waals surface area contributed by atoms with Gasteiger partial charge in [-0.1, -0.05) is 29.8 Å². The normalized spacial score (nSPS) is 10.4. The van der Waals surface area contributed by atoms with E-state index in [0.29, 0.717) is 6.54 Å². The number of nitrogens with one attached hydrogen (secondary N) is 1. The van der Waals surface area contributed by atoms with E-state index < -0.39 is 0 Å². The van der Waals surface area contributed by atoms with Crippen molar-refractivity contribution in [3.05, 3.63) is 57.9 Å². The summed E-state index contributed by atoms with van der Waals surface area (Å²) in [6, 6.07) is 11.5. The number of hydrogen-bond acceptors (Lipinski definition) is 2. The van der Waals surface area contributed by atoms with Crippen LogP contribution in [0.3, 0.4) is 0 Å². The number of nitrogens with two attached hydrogens (primary N) is 1. The van der Waals surface area contributed by atoms with Crippen LogP contribution in [0.5, 0.6) is 0 Å². The van der Waals surface area contributed by atoms with Crippen LogP contribution in [0.4, 0.5) is 0 Å².